The highest BCUT2D eigenvalue weighted by atomic mass is 35.5. The molecule has 0 bridgehead atoms. The first-order valence-electron chi connectivity index (χ1n) is 8.46. The molecule has 1 saturated heterocycles. The monoisotopic (exact) mass is 357 g/mol. The van der Waals surface area contributed by atoms with Crippen molar-refractivity contribution in [3.63, 3.8) is 0 Å². The molecule has 0 aliphatic carbocycles. The number of oxazole rings is 1. The molecule has 2 heterocycles. The van der Waals surface area contributed by atoms with Gasteiger partial charge in [-0.15, -0.1) is 0 Å². The summed E-state index contributed by atoms with van der Waals surface area (Å²) in [5, 5.41) is 4.10. The molecule has 4 rings (SSSR count). The Kier molecular flexibility index (Phi) is 4.88. The summed E-state index contributed by atoms with van der Waals surface area (Å²) in [6.45, 7) is 4.03. The lowest BCUT2D eigenvalue weighted by Crippen LogP contribution is -2.41. The van der Waals surface area contributed by atoms with Crippen LogP contribution in [-0.2, 0) is 4.74 Å². The first-order chi connectivity index (χ1) is 12.3. The van der Waals surface area contributed by atoms with Crippen LogP contribution < -0.4 is 5.32 Å². The molecular formula is C19H20ClN3O2. The van der Waals surface area contributed by atoms with Crippen molar-refractivity contribution in [1.29, 1.82) is 0 Å². The van der Waals surface area contributed by atoms with E-state index in [-0.39, 0.29) is 6.04 Å². The number of hydrogen-bond acceptors (Lipinski definition) is 5. The van der Waals surface area contributed by atoms with Gasteiger partial charge in [-0.25, -0.2) is 0 Å². The molecule has 130 valence electrons. The molecule has 1 aromatic heterocycles. The van der Waals surface area contributed by atoms with Crippen LogP contribution in [0.5, 0.6) is 0 Å². The van der Waals surface area contributed by atoms with Crippen molar-refractivity contribution in [2.24, 2.45) is 0 Å². The Morgan fingerprint density at radius 1 is 1.08 bits per heavy atom. The zero-order chi connectivity index (χ0) is 17.1. The van der Waals surface area contributed by atoms with Crippen molar-refractivity contribution >= 4 is 28.7 Å². The number of nitrogens with zero attached hydrogens (tertiary/aromatic N) is 2. The number of fused-ring (bicyclic) bond motifs is 1. The summed E-state index contributed by atoms with van der Waals surface area (Å²) in [7, 11) is 0. The van der Waals surface area contributed by atoms with Crippen LogP contribution in [0.2, 0.25) is 5.02 Å². The fourth-order valence-corrected chi connectivity index (χ4v) is 3.29. The SMILES string of the molecule is Clc1ccc([C@@H](CNc2nc3ccccc3o2)N2CCOCC2)cc1. The van der Waals surface area contributed by atoms with E-state index in [0.717, 1.165) is 42.4 Å². The lowest BCUT2D eigenvalue weighted by molar-refractivity contribution is 0.0186. The maximum absolute atomic E-state index is 6.05. The fraction of sp³-hybridized carbons (Fsp3) is 0.316. The highest BCUT2D eigenvalue weighted by Gasteiger charge is 2.23. The van der Waals surface area contributed by atoms with E-state index in [1.807, 2.05) is 36.4 Å². The molecule has 3 aromatic rings. The maximum Gasteiger partial charge on any atom is 0.295 e. The number of para-hydroxylation sites is 2. The third kappa shape index (κ3) is 3.79. The van der Waals surface area contributed by atoms with E-state index < -0.39 is 0 Å². The number of nitrogens with one attached hydrogen (secondary N) is 1. The molecule has 25 heavy (non-hydrogen) atoms. The van der Waals surface area contributed by atoms with Gasteiger partial charge < -0.3 is 14.5 Å². The number of rotatable bonds is 5. The average Bonchev–Trinajstić information content (AvgIpc) is 3.07. The van der Waals surface area contributed by atoms with Crippen LogP contribution >= 0.6 is 11.6 Å². The highest BCUT2D eigenvalue weighted by molar-refractivity contribution is 6.30. The number of aromatic nitrogens is 1. The summed E-state index contributed by atoms with van der Waals surface area (Å²) in [4.78, 5) is 6.91. The van der Waals surface area contributed by atoms with Crippen LogP contribution in [0, 0.1) is 0 Å². The molecule has 2 aromatic carbocycles. The second-order valence-electron chi connectivity index (χ2n) is 6.08. The molecule has 1 aliphatic rings. The molecule has 6 heteroatoms. The number of hydrogen-bond donors (Lipinski definition) is 1. The Labute approximate surface area is 151 Å². The summed E-state index contributed by atoms with van der Waals surface area (Å²) >= 11 is 6.05. The van der Waals surface area contributed by atoms with Crippen molar-refractivity contribution in [2.75, 3.05) is 38.2 Å². The molecule has 0 unspecified atom stereocenters. The first-order valence-corrected chi connectivity index (χ1v) is 8.84. The Morgan fingerprint density at radius 3 is 2.60 bits per heavy atom. The summed E-state index contributed by atoms with van der Waals surface area (Å²) in [5.41, 5.74) is 2.87. The molecule has 1 fully saturated rings. The average molecular weight is 358 g/mol. The van der Waals surface area contributed by atoms with E-state index in [9.17, 15) is 0 Å². The standard InChI is InChI=1S/C19H20ClN3O2/c20-15-7-5-14(6-8-15)17(23-9-11-24-12-10-23)13-21-19-22-16-3-1-2-4-18(16)25-19/h1-8,17H,9-13H2,(H,21,22)/t17-/m1/s1. The number of anilines is 1. The zero-order valence-electron chi connectivity index (χ0n) is 13.8. The third-order valence-electron chi connectivity index (χ3n) is 4.48. The van der Waals surface area contributed by atoms with Gasteiger partial charge in [0, 0.05) is 24.7 Å². The molecule has 1 N–H and O–H groups in total. The number of benzene rings is 2. The third-order valence-corrected chi connectivity index (χ3v) is 4.73. The van der Waals surface area contributed by atoms with Gasteiger partial charge in [0.1, 0.15) is 5.52 Å². The normalized spacial score (nSPS) is 16.8. The minimum absolute atomic E-state index is 0.205. The second kappa shape index (κ2) is 7.44. The van der Waals surface area contributed by atoms with E-state index in [1.54, 1.807) is 0 Å². The predicted octanol–water partition coefficient (Wildman–Crippen LogP) is 3.97. The molecular weight excluding hydrogens is 338 g/mol. The van der Waals surface area contributed by atoms with Crippen LogP contribution in [0.15, 0.2) is 52.9 Å². The van der Waals surface area contributed by atoms with E-state index in [2.05, 4.69) is 27.3 Å². The predicted molar refractivity (Wildman–Crippen MR) is 99.1 cm³/mol. The fourth-order valence-electron chi connectivity index (χ4n) is 3.16. The quantitative estimate of drug-likeness (QED) is 0.748. The van der Waals surface area contributed by atoms with Crippen molar-refractivity contribution in [1.82, 2.24) is 9.88 Å². The van der Waals surface area contributed by atoms with Crippen LogP contribution in [0.3, 0.4) is 0 Å². The van der Waals surface area contributed by atoms with Crippen LogP contribution in [0.4, 0.5) is 6.01 Å². The number of halogens is 1. The van der Waals surface area contributed by atoms with Gasteiger partial charge in [0.15, 0.2) is 5.58 Å². The molecule has 0 radical (unpaired) electrons. The van der Waals surface area contributed by atoms with Crippen LogP contribution in [-0.4, -0.2) is 42.7 Å². The van der Waals surface area contributed by atoms with E-state index in [1.165, 1.54) is 5.56 Å². The Morgan fingerprint density at radius 2 is 1.84 bits per heavy atom. The number of morpholine rings is 1. The molecule has 0 saturated carbocycles. The minimum Gasteiger partial charge on any atom is -0.424 e. The van der Waals surface area contributed by atoms with Gasteiger partial charge in [0.05, 0.1) is 19.3 Å². The van der Waals surface area contributed by atoms with Gasteiger partial charge in [0.25, 0.3) is 6.01 Å². The second-order valence-corrected chi connectivity index (χ2v) is 6.52. The largest absolute Gasteiger partial charge is 0.424 e. The minimum atomic E-state index is 0.205. The maximum atomic E-state index is 6.05. The van der Waals surface area contributed by atoms with Gasteiger partial charge in [-0.2, -0.15) is 4.98 Å². The summed E-state index contributed by atoms with van der Waals surface area (Å²) in [6, 6.07) is 16.6. The van der Waals surface area contributed by atoms with Crippen LogP contribution in [0.25, 0.3) is 11.1 Å². The van der Waals surface area contributed by atoms with Crippen molar-refractivity contribution in [3.05, 3.63) is 59.1 Å². The number of ether oxygens (including phenoxy) is 1. The van der Waals surface area contributed by atoms with Gasteiger partial charge >= 0.3 is 0 Å². The lowest BCUT2D eigenvalue weighted by atomic mass is 10.0. The van der Waals surface area contributed by atoms with E-state index in [0.29, 0.717) is 12.6 Å². The van der Waals surface area contributed by atoms with Gasteiger partial charge in [-0.05, 0) is 29.8 Å². The molecule has 1 aliphatic heterocycles. The molecule has 5 nitrogen and oxygen atoms in total. The van der Waals surface area contributed by atoms with Crippen molar-refractivity contribution in [2.45, 2.75) is 6.04 Å². The summed E-state index contributed by atoms with van der Waals surface area (Å²) < 4.78 is 11.3. The van der Waals surface area contributed by atoms with Gasteiger partial charge in [-0.1, -0.05) is 35.9 Å². The van der Waals surface area contributed by atoms with E-state index >= 15 is 0 Å². The molecule has 0 spiro atoms. The zero-order valence-corrected chi connectivity index (χ0v) is 14.6. The highest BCUT2D eigenvalue weighted by Crippen LogP contribution is 2.25. The van der Waals surface area contributed by atoms with E-state index in [4.69, 9.17) is 20.8 Å². The van der Waals surface area contributed by atoms with Crippen molar-refractivity contribution in [3.8, 4) is 0 Å². The Hall–Kier alpha value is -2.08. The Bertz CT molecular complexity index is 795. The Balaban J connectivity index is 1.53. The smallest absolute Gasteiger partial charge is 0.295 e. The first kappa shape index (κ1) is 16.4. The van der Waals surface area contributed by atoms with Crippen LogP contribution in [0.1, 0.15) is 11.6 Å². The lowest BCUT2D eigenvalue weighted by Gasteiger charge is -2.34. The van der Waals surface area contributed by atoms with Gasteiger partial charge in [0.2, 0.25) is 0 Å². The topological polar surface area (TPSA) is 50.5 Å². The van der Waals surface area contributed by atoms with Gasteiger partial charge in [-0.3, -0.25) is 4.90 Å². The molecule has 0 amide bonds. The van der Waals surface area contributed by atoms with Crippen molar-refractivity contribution < 1.29 is 9.15 Å². The molecule has 1 atom stereocenters. The summed E-state index contributed by atoms with van der Waals surface area (Å²) in [5.74, 6) is 0. The summed E-state index contributed by atoms with van der Waals surface area (Å²) in [6.07, 6.45) is 0.